The average Bonchev–Trinajstić information content (AvgIpc) is 3.75. The molecule has 9 heteroatoms. The van der Waals surface area contributed by atoms with Gasteiger partial charge in [-0.15, -0.1) is 0 Å². The number of para-hydroxylation sites is 1. The standard InChI is InChI=1S/C30H35F3N2O4/c1-2-39-29(30(31,32)33,22-8-4-3-5-9-22)27(37)35-16-14-28(15-17-35)18-26(36)34-19-24(28)23-10-6-7-11-25(23)38-20-21-12-13-21/h3-11,21,24H,2,12-20H2,1H3,(H,34,36)/t24?,29-/m1/s1. The minimum absolute atomic E-state index is 0.0729. The Bertz CT molecular complexity index is 1180. The number of nitrogens with one attached hydrogen (secondary N) is 1. The fraction of sp³-hybridized carbons (Fsp3) is 0.533. The first-order chi connectivity index (χ1) is 18.7. The zero-order chi connectivity index (χ0) is 27.7. The summed E-state index contributed by atoms with van der Waals surface area (Å²) in [5.74, 6) is 0.112. The van der Waals surface area contributed by atoms with E-state index in [1.807, 2.05) is 24.3 Å². The first-order valence-electron chi connectivity index (χ1n) is 13.7. The quantitative estimate of drug-likeness (QED) is 0.497. The summed E-state index contributed by atoms with van der Waals surface area (Å²) in [5.41, 5.74) is -2.81. The molecular weight excluding hydrogens is 509 g/mol. The number of hydrogen-bond donors (Lipinski definition) is 1. The zero-order valence-corrected chi connectivity index (χ0v) is 22.1. The Labute approximate surface area is 226 Å². The average molecular weight is 545 g/mol. The van der Waals surface area contributed by atoms with Crippen LogP contribution in [0.25, 0.3) is 0 Å². The van der Waals surface area contributed by atoms with Crippen molar-refractivity contribution in [1.29, 1.82) is 0 Å². The number of carbonyl (C=O) groups excluding carboxylic acids is 2. The van der Waals surface area contributed by atoms with Crippen LogP contribution in [0.1, 0.15) is 56.1 Å². The number of piperidine rings is 2. The molecule has 2 heterocycles. The molecule has 1 N–H and O–H groups in total. The molecule has 0 aromatic heterocycles. The highest BCUT2D eigenvalue weighted by atomic mass is 19.4. The first-order valence-corrected chi connectivity index (χ1v) is 13.7. The minimum Gasteiger partial charge on any atom is -0.493 e. The zero-order valence-electron chi connectivity index (χ0n) is 22.1. The van der Waals surface area contributed by atoms with E-state index in [9.17, 15) is 22.8 Å². The van der Waals surface area contributed by atoms with Gasteiger partial charge in [-0.25, -0.2) is 0 Å². The predicted molar refractivity (Wildman–Crippen MR) is 139 cm³/mol. The lowest BCUT2D eigenvalue weighted by molar-refractivity contribution is -0.277. The van der Waals surface area contributed by atoms with Crippen LogP contribution in [-0.2, 0) is 19.9 Å². The second-order valence-corrected chi connectivity index (χ2v) is 11.0. The number of ether oxygens (including phenoxy) is 2. The third-order valence-corrected chi connectivity index (χ3v) is 8.51. The molecule has 2 saturated heterocycles. The third kappa shape index (κ3) is 5.25. The molecule has 210 valence electrons. The molecule has 2 aromatic carbocycles. The van der Waals surface area contributed by atoms with Gasteiger partial charge < -0.3 is 19.7 Å². The number of amides is 2. The molecule has 2 aliphatic heterocycles. The number of halogens is 3. The number of rotatable bonds is 8. The van der Waals surface area contributed by atoms with Gasteiger partial charge in [0.2, 0.25) is 5.91 Å². The Hall–Kier alpha value is -3.07. The molecule has 5 rings (SSSR count). The van der Waals surface area contributed by atoms with Gasteiger partial charge in [-0.3, -0.25) is 9.59 Å². The summed E-state index contributed by atoms with van der Waals surface area (Å²) in [6.45, 7) is 2.46. The van der Waals surface area contributed by atoms with Crippen molar-refractivity contribution >= 4 is 11.8 Å². The smallest absolute Gasteiger partial charge is 0.430 e. The lowest BCUT2D eigenvalue weighted by Gasteiger charge is -2.50. The minimum atomic E-state index is -4.96. The number of alkyl halides is 3. The van der Waals surface area contributed by atoms with Gasteiger partial charge in [-0.1, -0.05) is 48.5 Å². The van der Waals surface area contributed by atoms with Crippen molar-refractivity contribution in [3.05, 3.63) is 65.7 Å². The topological polar surface area (TPSA) is 67.9 Å². The second kappa shape index (κ2) is 10.8. The molecule has 2 amide bonds. The van der Waals surface area contributed by atoms with Crippen LogP contribution in [0.15, 0.2) is 54.6 Å². The summed E-state index contributed by atoms with van der Waals surface area (Å²) in [6, 6.07) is 15.0. The van der Waals surface area contributed by atoms with E-state index in [2.05, 4.69) is 5.32 Å². The van der Waals surface area contributed by atoms with Crippen molar-refractivity contribution < 1.29 is 32.2 Å². The van der Waals surface area contributed by atoms with Gasteiger partial charge in [0.25, 0.3) is 11.5 Å². The first kappa shape index (κ1) is 27.5. The molecule has 6 nitrogen and oxygen atoms in total. The molecule has 2 atom stereocenters. The molecule has 1 spiro atoms. The summed E-state index contributed by atoms with van der Waals surface area (Å²) < 4.78 is 55.5. The summed E-state index contributed by atoms with van der Waals surface area (Å²) in [6.07, 6.45) is -1.56. The van der Waals surface area contributed by atoms with Crippen molar-refractivity contribution in [2.45, 2.75) is 56.7 Å². The Morgan fingerprint density at radius 2 is 1.72 bits per heavy atom. The van der Waals surface area contributed by atoms with Gasteiger partial charge in [0.05, 0.1) is 6.61 Å². The number of hydrogen-bond acceptors (Lipinski definition) is 4. The molecule has 3 fully saturated rings. The Balaban J connectivity index is 1.41. The van der Waals surface area contributed by atoms with Gasteiger partial charge >= 0.3 is 6.18 Å². The highest BCUT2D eigenvalue weighted by molar-refractivity contribution is 5.88. The molecule has 3 aliphatic rings. The van der Waals surface area contributed by atoms with Crippen LogP contribution < -0.4 is 10.1 Å². The maximum atomic E-state index is 14.7. The van der Waals surface area contributed by atoms with Crippen molar-refractivity contribution in [3.63, 3.8) is 0 Å². The maximum Gasteiger partial charge on any atom is 0.430 e. The third-order valence-electron chi connectivity index (χ3n) is 8.51. The highest BCUT2D eigenvalue weighted by Gasteiger charge is 2.64. The van der Waals surface area contributed by atoms with Crippen LogP contribution in [0.5, 0.6) is 5.75 Å². The normalized spacial score (nSPS) is 22.7. The van der Waals surface area contributed by atoms with E-state index in [1.54, 1.807) is 6.07 Å². The van der Waals surface area contributed by atoms with Crippen molar-refractivity contribution in [2.24, 2.45) is 11.3 Å². The molecule has 1 aliphatic carbocycles. The van der Waals surface area contributed by atoms with Crippen LogP contribution in [-0.4, -0.2) is 55.7 Å². The number of benzene rings is 2. The van der Waals surface area contributed by atoms with E-state index in [4.69, 9.17) is 9.47 Å². The molecule has 39 heavy (non-hydrogen) atoms. The highest BCUT2D eigenvalue weighted by Crippen LogP contribution is 2.52. The molecule has 0 bridgehead atoms. The predicted octanol–water partition coefficient (Wildman–Crippen LogP) is 5.18. The van der Waals surface area contributed by atoms with Gasteiger partial charge in [-0.2, -0.15) is 13.2 Å². The van der Waals surface area contributed by atoms with Crippen LogP contribution in [0.4, 0.5) is 13.2 Å². The Kier molecular flexibility index (Phi) is 7.64. The fourth-order valence-electron chi connectivity index (χ4n) is 6.20. The van der Waals surface area contributed by atoms with Crippen LogP contribution in [0.2, 0.25) is 0 Å². The number of carbonyl (C=O) groups is 2. The molecular formula is C30H35F3N2O4. The molecule has 1 saturated carbocycles. The van der Waals surface area contributed by atoms with Crippen LogP contribution >= 0.6 is 0 Å². The summed E-state index contributed by atoms with van der Waals surface area (Å²) in [5, 5.41) is 2.98. The van der Waals surface area contributed by atoms with Gasteiger partial charge in [0.15, 0.2) is 0 Å². The fourth-order valence-corrected chi connectivity index (χ4v) is 6.20. The maximum absolute atomic E-state index is 14.7. The van der Waals surface area contributed by atoms with E-state index in [1.165, 1.54) is 48.9 Å². The van der Waals surface area contributed by atoms with Crippen molar-refractivity contribution in [2.75, 3.05) is 32.8 Å². The Morgan fingerprint density at radius 1 is 1.05 bits per heavy atom. The molecule has 2 aromatic rings. The second-order valence-electron chi connectivity index (χ2n) is 11.0. The van der Waals surface area contributed by atoms with Crippen LogP contribution in [0, 0.1) is 11.3 Å². The summed E-state index contributed by atoms with van der Waals surface area (Å²) in [4.78, 5) is 27.6. The van der Waals surface area contributed by atoms with E-state index < -0.39 is 23.1 Å². The summed E-state index contributed by atoms with van der Waals surface area (Å²) >= 11 is 0. The molecule has 0 radical (unpaired) electrons. The lowest BCUT2D eigenvalue weighted by Crippen LogP contribution is -2.60. The SMILES string of the molecule is CCO[C@@](C(=O)N1CCC2(CC1)CC(=O)NCC2c1ccccc1OCC1CC1)(c1ccccc1)C(F)(F)F. The van der Waals surface area contributed by atoms with E-state index in [-0.39, 0.29) is 43.5 Å². The van der Waals surface area contributed by atoms with Crippen molar-refractivity contribution in [1.82, 2.24) is 10.2 Å². The Morgan fingerprint density at radius 3 is 2.36 bits per heavy atom. The number of nitrogens with zero attached hydrogens (tertiary/aromatic N) is 1. The van der Waals surface area contributed by atoms with Gasteiger partial charge in [-0.05, 0) is 55.6 Å². The van der Waals surface area contributed by atoms with Crippen LogP contribution in [0.3, 0.4) is 0 Å². The lowest BCUT2D eigenvalue weighted by atomic mass is 9.62. The van der Waals surface area contributed by atoms with E-state index >= 15 is 0 Å². The summed E-state index contributed by atoms with van der Waals surface area (Å²) in [7, 11) is 0. The van der Waals surface area contributed by atoms with Crippen molar-refractivity contribution in [3.8, 4) is 5.75 Å². The van der Waals surface area contributed by atoms with Gasteiger partial charge in [0.1, 0.15) is 5.75 Å². The largest absolute Gasteiger partial charge is 0.493 e. The van der Waals surface area contributed by atoms with Gasteiger partial charge in [0, 0.05) is 44.1 Å². The van der Waals surface area contributed by atoms with E-state index in [0.29, 0.717) is 31.9 Å². The number of likely N-dealkylation sites (tertiary alicyclic amines) is 1. The van der Waals surface area contributed by atoms with E-state index in [0.717, 1.165) is 11.3 Å². The monoisotopic (exact) mass is 544 g/mol. The molecule has 1 unspecified atom stereocenters.